The van der Waals surface area contributed by atoms with Crippen LogP contribution in [0.2, 0.25) is 0 Å². The van der Waals surface area contributed by atoms with Gasteiger partial charge in [0.25, 0.3) is 0 Å². The summed E-state index contributed by atoms with van der Waals surface area (Å²) in [5.41, 5.74) is 2.11. The standard InChI is InChI=1S/C20H32N6OS/c1-13-15(3)27-18(24-13)12-26-8-6-17(7-9-26)10-22-20(21-5)23-11-19-25-14(2)16(4)28-19/h17H,6-12H2,1-5H3,(H2,21,22,23). The Labute approximate surface area is 171 Å². The smallest absolute Gasteiger partial charge is 0.208 e. The number of nitrogens with zero attached hydrogens (tertiary/aromatic N) is 4. The van der Waals surface area contributed by atoms with E-state index in [1.54, 1.807) is 11.3 Å². The molecule has 2 aromatic rings. The van der Waals surface area contributed by atoms with Crippen molar-refractivity contribution in [3.8, 4) is 0 Å². The fourth-order valence-corrected chi connectivity index (χ4v) is 4.26. The Bertz CT molecular complexity index is 765. The van der Waals surface area contributed by atoms with Gasteiger partial charge in [0, 0.05) is 18.5 Å². The van der Waals surface area contributed by atoms with Crippen molar-refractivity contribution in [2.45, 2.75) is 53.6 Å². The molecule has 2 N–H and O–H groups in total. The fraction of sp³-hybridized carbons (Fsp3) is 0.650. The van der Waals surface area contributed by atoms with Gasteiger partial charge in [-0.1, -0.05) is 0 Å². The van der Waals surface area contributed by atoms with Crippen LogP contribution in [0, 0.1) is 33.6 Å². The molecule has 0 atom stereocenters. The van der Waals surface area contributed by atoms with Crippen molar-refractivity contribution < 1.29 is 4.42 Å². The highest BCUT2D eigenvalue weighted by atomic mass is 32.1. The molecule has 3 heterocycles. The average molecular weight is 405 g/mol. The molecule has 28 heavy (non-hydrogen) atoms. The maximum atomic E-state index is 5.72. The summed E-state index contributed by atoms with van der Waals surface area (Å²) in [5, 5.41) is 7.94. The summed E-state index contributed by atoms with van der Waals surface area (Å²) in [4.78, 5) is 17.1. The maximum absolute atomic E-state index is 5.72. The number of oxazole rings is 1. The van der Waals surface area contributed by atoms with Gasteiger partial charge in [-0.3, -0.25) is 9.89 Å². The lowest BCUT2D eigenvalue weighted by molar-refractivity contribution is 0.164. The van der Waals surface area contributed by atoms with Gasteiger partial charge in [0.2, 0.25) is 5.89 Å². The van der Waals surface area contributed by atoms with E-state index in [-0.39, 0.29) is 0 Å². The Hall–Kier alpha value is -1.93. The van der Waals surface area contributed by atoms with Gasteiger partial charge in [-0.15, -0.1) is 11.3 Å². The van der Waals surface area contributed by atoms with Gasteiger partial charge in [-0.25, -0.2) is 9.97 Å². The highest BCUT2D eigenvalue weighted by Crippen LogP contribution is 2.19. The first-order valence-electron chi connectivity index (χ1n) is 9.97. The highest BCUT2D eigenvalue weighted by Gasteiger charge is 2.21. The molecule has 8 heteroatoms. The largest absolute Gasteiger partial charge is 0.444 e. The molecule has 0 bridgehead atoms. The molecule has 0 unspecified atom stereocenters. The molecule has 0 radical (unpaired) electrons. The van der Waals surface area contributed by atoms with Gasteiger partial charge in [0.05, 0.1) is 24.5 Å². The van der Waals surface area contributed by atoms with E-state index in [0.29, 0.717) is 12.5 Å². The minimum absolute atomic E-state index is 0.659. The van der Waals surface area contributed by atoms with Crippen LogP contribution in [0.3, 0.4) is 0 Å². The van der Waals surface area contributed by atoms with Crippen LogP contribution in [0.25, 0.3) is 0 Å². The minimum atomic E-state index is 0.659. The number of hydrogen-bond donors (Lipinski definition) is 2. The monoisotopic (exact) mass is 404 g/mol. The van der Waals surface area contributed by atoms with Crippen LogP contribution in [-0.4, -0.2) is 47.5 Å². The van der Waals surface area contributed by atoms with Gasteiger partial charge in [-0.2, -0.15) is 0 Å². The second kappa shape index (κ2) is 9.52. The molecule has 154 valence electrons. The molecule has 0 amide bonds. The number of aryl methyl sites for hydroxylation is 4. The zero-order valence-corrected chi connectivity index (χ0v) is 18.4. The van der Waals surface area contributed by atoms with Crippen molar-refractivity contribution in [2.75, 3.05) is 26.7 Å². The van der Waals surface area contributed by atoms with Crippen LogP contribution in [0.5, 0.6) is 0 Å². The first-order valence-corrected chi connectivity index (χ1v) is 10.8. The summed E-state index contributed by atoms with van der Waals surface area (Å²) in [7, 11) is 1.82. The van der Waals surface area contributed by atoms with Gasteiger partial charge in [-0.05, 0) is 59.5 Å². The Kier molecular flexibility index (Phi) is 7.07. The number of piperidine rings is 1. The molecule has 0 aromatic carbocycles. The van der Waals surface area contributed by atoms with Gasteiger partial charge >= 0.3 is 0 Å². The predicted octanol–water partition coefficient (Wildman–Crippen LogP) is 2.94. The molecule has 0 spiro atoms. The number of rotatable bonds is 6. The highest BCUT2D eigenvalue weighted by molar-refractivity contribution is 7.11. The third-order valence-electron chi connectivity index (χ3n) is 5.40. The van der Waals surface area contributed by atoms with Crippen LogP contribution < -0.4 is 10.6 Å². The Morgan fingerprint density at radius 1 is 1.14 bits per heavy atom. The van der Waals surface area contributed by atoms with Crippen LogP contribution in [0.4, 0.5) is 0 Å². The van der Waals surface area contributed by atoms with E-state index in [4.69, 9.17) is 4.42 Å². The lowest BCUT2D eigenvalue weighted by atomic mass is 9.97. The Balaban J connectivity index is 1.37. The van der Waals surface area contributed by atoms with Crippen molar-refractivity contribution in [1.82, 2.24) is 25.5 Å². The molecule has 0 aliphatic carbocycles. The molecule has 2 aromatic heterocycles. The summed E-state index contributed by atoms with van der Waals surface area (Å²) in [6.07, 6.45) is 2.35. The minimum Gasteiger partial charge on any atom is -0.444 e. The number of thiazole rings is 1. The lowest BCUT2D eigenvalue weighted by Gasteiger charge is -2.31. The molecule has 1 saturated heterocycles. The topological polar surface area (TPSA) is 78.6 Å². The van der Waals surface area contributed by atoms with Crippen LogP contribution in [0.1, 0.15) is 45.8 Å². The number of hydrogen-bond acceptors (Lipinski definition) is 6. The molecule has 1 aliphatic rings. The van der Waals surface area contributed by atoms with Crippen molar-refractivity contribution in [3.05, 3.63) is 32.9 Å². The molecule has 1 fully saturated rings. The zero-order chi connectivity index (χ0) is 20.1. The number of likely N-dealkylation sites (tertiary alicyclic amines) is 1. The lowest BCUT2D eigenvalue weighted by Crippen LogP contribution is -2.42. The Morgan fingerprint density at radius 2 is 1.89 bits per heavy atom. The normalized spacial score (nSPS) is 16.5. The summed E-state index contributed by atoms with van der Waals surface area (Å²) in [6, 6.07) is 0. The van der Waals surface area contributed by atoms with Crippen LogP contribution in [0.15, 0.2) is 9.41 Å². The van der Waals surface area contributed by atoms with Gasteiger partial charge < -0.3 is 15.1 Å². The molecule has 7 nitrogen and oxygen atoms in total. The van der Waals surface area contributed by atoms with Gasteiger partial charge in [0.1, 0.15) is 10.8 Å². The molecular weight excluding hydrogens is 372 g/mol. The van der Waals surface area contributed by atoms with Crippen molar-refractivity contribution in [3.63, 3.8) is 0 Å². The number of guanidine groups is 1. The third kappa shape index (κ3) is 5.54. The third-order valence-corrected chi connectivity index (χ3v) is 6.47. The van der Waals surface area contributed by atoms with E-state index in [1.807, 2.05) is 20.9 Å². The van der Waals surface area contributed by atoms with E-state index in [0.717, 1.165) is 60.2 Å². The Morgan fingerprint density at radius 3 is 2.46 bits per heavy atom. The first-order chi connectivity index (χ1) is 13.4. The van der Waals surface area contributed by atoms with E-state index in [1.165, 1.54) is 17.7 Å². The van der Waals surface area contributed by atoms with E-state index in [2.05, 4.69) is 44.3 Å². The molecular formula is C20H32N6OS. The zero-order valence-electron chi connectivity index (χ0n) is 17.6. The fourth-order valence-electron chi connectivity index (χ4n) is 3.38. The van der Waals surface area contributed by atoms with E-state index < -0.39 is 0 Å². The quantitative estimate of drug-likeness (QED) is 0.569. The van der Waals surface area contributed by atoms with Crippen molar-refractivity contribution >= 4 is 17.3 Å². The van der Waals surface area contributed by atoms with E-state index >= 15 is 0 Å². The van der Waals surface area contributed by atoms with Crippen LogP contribution >= 0.6 is 11.3 Å². The summed E-state index contributed by atoms with van der Waals surface area (Å²) < 4.78 is 5.72. The van der Waals surface area contributed by atoms with Crippen LogP contribution in [-0.2, 0) is 13.1 Å². The summed E-state index contributed by atoms with van der Waals surface area (Å²) in [6.45, 7) is 12.8. The summed E-state index contributed by atoms with van der Waals surface area (Å²) >= 11 is 1.74. The molecule has 1 aliphatic heterocycles. The average Bonchev–Trinajstić information content (AvgIpc) is 3.17. The van der Waals surface area contributed by atoms with Gasteiger partial charge in [0.15, 0.2) is 5.96 Å². The second-order valence-corrected chi connectivity index (χ2v) is 8.81. The number of aliphatic imine (C=N–C) groups is 1. The number of aromatic nitrogens is 2. The predicted molar refractivity (Wildman–Crippen MR) is 114 cm³/mol. The van der Waals surface area contributed by atoms with Crippen molar-refractivity contribution in [1.29, 1.82) is 0 Å². The summed E-state index contributed by atoms with van der Waals surface area (Å²) in [5.74, 6) is 3.27. The SMILES string of the molecule is CN=C(NCc1nc(C)c(C)s1)NCC1CCN(Cc2nc(C)c(C)o2)CC1. The maximum Gasteiger partial charge on any atom is 0.208 e. The molecule has 3 rings (SSSR count). The van der Waals surface area contributed by atoms with Crippen molar-refractivity contribution in [2.24, 2.45) is 10.9 Å². The number of nitrogens with one attached hydrogen (secondary N) is 2. The second-order valence-electron chi connectivity index (χ2n) is 7.52. The van der Waals surface area contributed by atoms with E-state index in [9.17, 15) is 0 Å². The molecule has 0 saturated carbocycles. The first kappa shape index (κ1) is 20.8.